The fraction of sp³-hybridized carbons (Fsp3) is 0.129. The minimum atomic E-state index is -3.73. The Morgan fingerprint density at radius 3 is 2.36 bits per heavy atom. The van der Waals surface area contributed by atoms with E-state index < -0.39 is 10.0 Å². The van der Waals surface area contributed by atoms with E-state index in [1.54, 1.807) is 36.0 Å². The lowest BCUT2D eigenvalue weighted by molar-refractivity contribution is 0.103. The highest BCUT2D eigenvalue weighted by Crippen LogP contribution is 2.35. The van der Waals surface area contributed by atoms with Gasteiger partial charge >= 0.3 is 0 Å². The van der Waals surface area contributed by atoms with Crippen molar-refractivity contribution in [3.05, 3.63) is 114 Å². The number of hydrogen-bond acceptors (Lipinski definition) is 5. The molecule has 5 aromatic rings. The Morgan fingerprint density at radius 1 is 0.897 bits per heavy atom. The fourth-order valence-corrected chi connectivity index (χ4v) is 7.59. The first-order chi connectivity index (χ1) is 18.8. The van der Waals surface area contributed by atoms with Crippen molar-refractivity contribution < 1.29 is 13.2 Å². The summed E-state index contributed by atoms with van der Waals surface area (Å²) in [6.07, 6.45) is 0.667. The van der Waals surface area contributed by atoms with E-state index in [1.807, 2.05) is 92.7 Å². The number of anilines is 2. The monoisotopic (exact) mass is 572 g/mol. The summed E-state index contributed by atoms with van der Waals surface area (Å²) in [6.45, 7) is 4.24. The van der Waals surface area contributed by atoms with Crippen LogP contribution in [-0.2, 0) is 10.0 Å². The molecule has 0 aliphatic rings. The van der Waals surface area contributed by atoms with E-state index in [0.29, 0.717) is 23.5 Å². The average molecular weight is 573 g/mol. The standard InChI is InChI=1S/C31H28N2O3S3/c1-3-19-33(39(35,36)26-16-13-22(2)14-17-26)24-15-18-28-23(20-24)21-30(38-28)31(34)32-27-11-7-8-12-29(27)37-25-9-5-4-6-10-25/h4-18,20-21H,3,19H2,1-2H3,(H,32,34). The minimum Gasteiger partial charge on any atom is -0.320 e. The zero-order chi connectivity index (χ0) is 27.4. The molecule has 5 rings (SSSR count). The molecule has 0 atom stereocenters. The third kappa shape index (κ3) is 6.03. The Kier molecular flexibility index (Phi) is 8.07. The number of benzene rings is 4. The second-order valence-electron chi connectivity index (χ2n) is 9.09. The molecule has 1 heterocycles. The molecule has 0 saturated heterocycles. The van der Waals surface area contributed by atoms with Crippen molar-refractivity contribution in [2.45, 2.75) is 35.0 Å². The second-order valence-corrected chi connectivity index (χ2v) is 13.1. The van der Waals surface area contributed by atoms with Crippen LogP contribution in [0.25, 0.3) is 10.1 Å². The second kappa shape index (κ2) is 11.7. The van der Waals surface area contributed by atoms with Gasteiger partial charge in [0.15, 0.2) is 0 Å². The van der Waals surface area contributed by atoms with Crippen LogP contribution < -0.4 is 9.62 Å². The molecule has 0 unspecified atom stereocenters. The van der Waals surface area contributed by atoms with Gasteiger partial charge in [-0.25, -0.2) is 8.42 Å². The smallest absolute Gasteiger partial charge is 0.265 e. The zero-order valence-electron chi connectivity index (χ0n) is 21.6. The number of rotatable bonds is 9. The normalized spacial score (nSPS) is 11.4. The lowest BCUT2D eigenvalue weighted by atomic mass is 10.2. The first-order valence-corrected chi connectivity index (χ1v) is 15.7. The predicted molar refractivity (Wildman–Crippen MR) is 163 cm³/mol. The molecule has 1 N–H and O–H groups in total. The molecular formula is C31H28N2O3S3. The van der Waals surface area contributed by atoms with Gasteiger partial charge in [-0.3, -0.25) is 9.10 Å². The van der Waals surface area contributed by atoms with Crippen molar-refractivity contribution in [3.8, 4) is 0 Å². The van der Waals surface area contributed by atoms with Gasteiger partial charge in [0.25, 0.3) is 15.9 Å². The van der Waals surface area contributed by atoms with E-state index in [4.69, 9.17) is 0 Å². The maximum Gasteiger partial charge on any atom is 0.265 e. The van der Waals surface area contributed by atoms with E-state index in [9.17, 15) is 13.2 Å². The Bertz CT molecular complexity index is 1710. The summed E-state index contributed by atoms with van der Waals surface area (Å²) in [5.41, 5.74) is 2.33. The number of amides is 1. The Labute approximate surface area is 237 Å². The molecule has 0 bridgehead atoms. The molecule has 8 heteroatoms. The predicted octanol–water partition coefficient (Wildman–Crippen LogP) is 8.22. The van der Waals surface area contributed by atoms with Crippen molar-refractivity contribution in [2.75, 3.05) is 16.2 Å². The summed E-state index contributed by atoms with van der Waals surface area (Å²) < 4.78 is 29.4. The van der Waals surface area contributed by atoms with Crippen molar-refractivity contribution in [1.29, 1.82) is 0 Å². The van der Waals surface area contributed by atoms with Crippen LogP contribution in [0.15, 0.2) is 118 Å². The highest BCUT2D eigenvalue weighted by atomic mass is 32.2. The van der Waals surface area contributed by atoms with Crippen LogP contribution in [0.3, 0.4) is 0 Å². The van der Waals surface area contributed by atoms with Crippen LogP contribution in [0.2, 0.25) is 0 Å². The number of carbonyl (C=O) groups excluding carboxylic acids is 1. The molecule has 0 fully saturated rings. The summed E-state index contributed by atoms with van der Waals surface area (Å²) >= 11 is 2.98. The Morgan fingerprint density at radius 2 is 1.62 bits per heavy atom. The van der Waals surface area contributed by atoms with E-state index in [0.717, 1.165) is 31.1 Å². The van der Waals surface area contributed by atoms with Gasteiger partial charge in [0.2, 0.25) is 0 Å². The summed E-state index contributed by atoms with van der Waals surface area (Å²) in [7, 11) is -3.73. The van der Waals surface area contributed by atoms with Crippen LogP contribution in [0, 0.1) is 6.92 Å². The largest absolute Gasteiger partial charge is 0.320 e. The van der Waals surface area contributed by atoms with E-state index in [1.165, 1.54) is 15.6 Å². The third-order valence-electron chi connectivity index (χ3n) is 6.15. The number of thiophene rings is 1. The van der Waals surface area contributed by atoms with E-state index in [2.05, 4.69) is 5.32 Å². The van der Waals surface area contributed by atoms with Gasteiger partial charge in [0.1, 0.15) is 0 Å². The molecule has 1 amide bonds. The molecule has 0 spiro atoms. The lowest BCUT2D eigenvalue weighted by Gasteiger charge is -2.24. The van der Waals surface area contributed by atoms with Crippen molar-refractivity contribution in [1.82, 2.24) is 0 Å². The number of para-hydroxylation sites is 1. The molecule has 0 aliphatic carbocycles. The number of sulfonamides is 1. The van der Waals surface area contributed by atoms with Crippen molar-refractivity contribution in [2.24, 2.45) is 0 Å². The topological polar surface area (TPSA) is 66.5 Å². The number of fused-ring (bicyclic) bond motifs is 1. The first kappa shape index (κ1) is 27.0. The molecule has 4 aromatic carbocycles. The number of hydrogen-bond donors (Lipinski definition) is 1. The molecule has 1 aromatic heterocycles. The fourth-order valence-electron chi connectivity index (χ4n) is 4.18. The molecule has 39 heavy (non-hydrogen) atoms. The van der Waals surface area contributed by atoms with Crippen LogP contribution in [0.1, 0.15) is 28.6 Å². The molecular weight excluding hydrogens is 545 g/mol. The quantitative estimate of drug-likeness (QED) is 0.193. The van der Waals surface area contributed by atoms with Crippen LogP contribution >= 0.6 is 23.1 Å². The van der Waals surface area contributed by atoms with Crippen LogP contribution in [0.5, 0.6) is 0 Å². The average Bonchev–Trinajstić information content (AvgIpc) is 3.37. The number of nitrogens with zero attached hydrogens (tertiary/aromatic N) is 1. The highest BCUT2D eigenvalue weighted by molar-refractivity contribution is 7.99. The first-order valence-electron chi connectivity index (χ1n) is 12.6. The van der Waals surface area contributed by atoms with E-state index in [-0.39, 0.29) is 10.8 Å². The highest BCUT2D eigenvalue weighted by Gasteiger charge is 2.25. The maximum atomic E-state index is 13.5. The van der Waals surface area contributed by atoms with Gasteiger partial charge in [-0.05, 0) is 79.4 Å². The lowest BCUT2D eigenvalue weighted by Crippen LogP contribution is -2.31. The van der Waals surface area contributed by atoms with Gasteiger partial charge in [-0.1, -0.05) is 66.7 Å². The van der Waals surface area contributed by atoms with Gasteiger partial charge in [-0.15, -0.1) is 11.3 Å². The summed E-state index contributed by atoms with van der Waals surface area (Å²) in [4.78, 5) is 16.1. The van der Waals surface area contributed by atoms with Crippen molar-refractivity contribution >= 4 is 60.5 Å². The summed E-state index contributed by atoms with van der Waals surface area (Å²) in [6, 6.07) is 32.0. The molecule has 5 nitrogen and oxygen atoms in total. The van der Waals surface area contributed by atoms with Gasteiger partial charge in [-0.2, -0.15) is 0 Å². The van der Waals surface area contributed by atoms with Gasteiger partial charge in [0.05, 0.1) is 21.1 Å². The molecule has 0 radical (unpaired) electrons. The molecule has 0 aliphatic heterocycles. The number of nitrogens with one attached hydrogen (secondary N) is 1. The van der Waals surface area contributed by atoms with Gasteiger partial charge < -0.3 is 5.32 Å². The summed E-state index contributed by atoms with van der Waals surface area (Å²) in [5, 5.41) is 3.89. The SMILES string of the molecule is CCCN(c1ccc2sc(C(=O)Nc3ccccc3Sc3ccccc3)cc2c1)S(=O)(=O)c1ccc(C)cc1. The maximum absolute atomic E-state index is 13.5. The summed E-state index contributed by atoms with van der Waals surface area (Å²) in [5.74, 6) is -0.198. The van der Waals surface area contributed by atoms with E-state index >= 15 is 0 Å². The third-order valence-corrected chi connectivity index (χ3v) is 10.2. The Hall–Kier alpha value is -3.59. The molecule has 0 saturated carbocycles. The zero-order valence-corrected chi connectivity index (χ0v) is 24.1. The van der Waals surface area contributed by atoms with Crippen LogP contribution in [0.4, 0.5) is 11.4 Å². The minimum absolute atomic E-state index is 0.198. The Balaban J connectivity index is 1.41. The van der Waals surface area contributed by atoms with Crippen LogP contribution in [-0.4, -0.2) is 20.9 Å². The van der Waals surface area contributed by atoms with Crippen molar-refractivity contribution in [3.63, 3.8) is 0 Å². The van der Waals surface area contributed by atoms with Gasteiger partial charge in [0, 0.05) is 21.0 Å². The number of carbonyl (C=O) groups is 1. The molecule has 198 valence electrons. The number of aryl methyl sites for hydroxylation is 1.